The first-order chi connectivity index (χ1) is 11.6. The van der Waals surface area contributed by atoms with Crippen LogP contribution in [0.2, 0.25) is 0 Å². The van der Waals surface area contributed by atoms with Gasteiger partial charge in [-0.3, -0.25) is 9.89 Å². The number of hydrogen-bond donors (Lipinski definition) is 1. The molecule has 1 aliphatic heterocycles. The Morgan fingerprint density at radius 3 is 2.92 bits per heavy atom. The second kappa shape index (κ2) is 5.85. The molecule has 6 nitrogen and oxygen atoms in total. The third kappa shape index (κ3) is 2.84. The van der Waals surface area contributed by atoms with Crippen molar-refractivity contribution in [1.82, 2.24) is 15.1 Å². The summed E-state index contributed by atoms with van der Waals surface area (Å²) in [4.78, 5) is 16.7. The van der Waals surface area contributed by atoms with Gasteiger partial charge in [0.25, 0.3) is 5.91 Å². The van der Waals surface area contributed by atoms with E-state index in [9.17, 15) is 4.79 Å². The first kappa shape index (κ1) is 15.1. The summed E-state index contributed by atoms with van der Waals surface area (Å²) in [7, 11) is 4.01. The topological polar surface area (TPSA) is 61.5 Å². The van der Waals surface area contributed by atoms with Crippen molar-refractivity contribution in [3.63, 3.8) is 0 Å². The zero-order valence-electron chi connectivity index (χ0n) is 14.1. The highest BCUT2D eigenvalue weighted by atomic mass is 16.5. The van der Waals surface area contributed by atoms with Gasteiger partial charge in [0.2, 0.25) is 0 Å². The van der Waals surface area contributed by atoms with E-state index < -0.39 is 0 Å². The minimum Gasteiger partial charge on any atom is -0.491 e. The summed E-state index contributed by atoms with van der Waals surface area (Å²) in [5.74, 6) is 1.39. The number of nitrogens with one attached hydrogen (secondary N) is 1. The number of ether oxygens (including phenoxy) is 1. The summed E-state index contributed by atoms with van der Waals surface area (Å²) in [6, 6.07) is 8.01. The van der Waals surface area contributed by atoms with Crippen LogP contribution in [0.1, 0.15) is 40.5 Å². The van der Waals surface area contributed by atoms with Gasteiger partial charge in [-0.2, -0.15) is 5.10 Å². The second-order valence-corrected chi connectivity index (χ2v) is 6.74. The van der Waals surface area contributed by atoms with Gasteiger partial charge in [0.15, 0.2) is 0 Å². The van der Waals surface area contributed by atoms with E-state index in [-0.39, 0.29) is 5.91 Å². The molecule has 0 bridgehead atoms. The number of H-pyrrole nitrogens is 1. The molecule has 4 rings (SSSR count). The van der Waals surface area contributed by atoms with Crippen molar-refractivity contribution in [2.24, 2.45) is 0 Å². The van der Waals surface area contributed by atoms with E-state index in [0.29, 0.717) is 31.3 Å². The molecule has 0 atom stereocenters. The Labute approximate surface area is 141 Å². The van der Waals surface area contributed by atoms with Crippen LogP contribution in [-0.4, -0.2) is 48.3 Å². The zero-order chi connectivity index (χ0) is 16.7. The summed E-state index contributed by atoms with van der Waals surface area (Å²) < 4.78 is 5.81. The zero-order valence-corrected chi connectivity index (χ0v) is 14.1. The van der Waals surface area contributed by atoms with Gasteiger partial charge in [-0.25, -0.2) is 0 Å². The number of rotatable bonds is 3. The van der Waals surface area contributed by atoms with Crippen molar-refractivity contribution < 1.29 is 9.53 Å². The van der Waals surface area contributed by atoms with E-state index in [1.165, 1.54) is 12.8 Å². The molecule has 0 spiro atoms. The van der Waals surface area contributed by atoms with E-state index in [4.69, 9.17) is 4.74 Å². The SMILES string of the molecule is CN(C)c1ccc2c(c1)CN(C(=O)c1cc(C3CC3)[nH]n1)CCO2. The molecule has 0 radical (unpaired) electrons. The summed E-state index contributed by atoms with van der Waals surface area (Å²) in [5, 5.41) is 7.23. The number of anilines is 1. The average molecular weight is 326 g/mol. The average Bonchev–Trinajstić information content (AvgIpc) is 3.35. The molecule has 126 valence electrons. The summed E-state index contributed by atoms with van der Waals surface area (Å²) >= 11 is 0. The third-order valence-corrected chi connectivity index (χ3v) is 4.66. The molecular weight excluding hydrogens is 304 g/mol. The quantitative estimate of drug-likeness (QED) is 0.941. The van der Waals surface area contributed by atoms with Crippen molar-refractivity contribution >= 4 is 11.6 Å². The van der Waals surface area contributed by atoms with E-state index in [1.54, 1.807) is 0 Å². The van der Waals surface area contributed by atoms with Crippen LogP contribution >= 0.6 is 0 Å². The molecular formula is C18H22N4O2. The van der Waals surface area contributed by atoms with Crippen LogP contribution in [0, 0.1) is 0 Å². The molecule has 1 aliphatic carbocycles. The Hall–Kier alpha value is -2.50. The fraction of sp³-hybridized carbons (Fsp3) is 0.444. The summed E-state index contributed by atoms with van der Waals surface area (Å²) in [5.41, 5.74) is 3.72. The molecule has 2 heterocycles. The number of nitrogens with zero attached hydrogens (tertiary/aromatic N) is 3. The predicted molar refractivity (Wildman–Crippen MR) is 91.6 cm³/mol. The maximum absolute atomic E-state index is 12.8. The number of aromatic amines is 1. The van der Waals surface area contributed by atoms with E-state index in [2.05, 4.69) is 16.3 Å². The van der Waals surface area contributed by atoms with Crippen LogP contribution in [0.3, 0.4) is 0 Å². The monoisotopic (exact) mass is 326 g/mol. The maximum atomic E-state index is 12.8. The molecule has 1 amide bonds. The molecule has 1 saturated carbocycles. The molecule has 1 fully saturated rings. The lowest BCUT2D eigenvalue weighted by atomic mass is 10.1. The van der Waals surface area contributed by atoms with Crippen LogP contribution in [-0.2, 0) is 6.54 Å². The Balaban J connectivity index is 1.56. The van der Waals surface area contributed by atoms with Crippen LogP contribution in [0.15, 0.2) is 24.3 Å². The number of benzene rings is 1. The Kier molecular flexibility index (Phi) is 3.67. The number of amides is 1. The minimum absolute atomic E-state index is 0.0372. The molecule has 0 unspecified atom stereocenters. The molecule has 0 saturated heterocycles. The fourth-order valence-corrected chi connectivity index (χ4v) is 3.04. The van der Waals surface area contributed by atoms with Gasteiger partial charge in [-0.05, 0) is 37.1 Å². The third-order valence-electron chi connectivity index (χ3n) is 4.66. The van der Waals surface area contributed by atoms with Crippen molar-refractivity contribution in [1.29, 1.82) is 0 Å². The number of carbonyl (C=O) groups excluding carboxylic acids is 1. The highest BCUT2D eigenvalue weighted by molar-refractivity contribution is 5.92. The van der Waals surface area contributed by atoms with Gasteiger partial charge < -0.3 is 14.5 Å². The highest BCUT2D eigenvalue weighted by Crippen LogP contribution is 2.39. The lowest BCUT2D eigenvalue weighted by Gasteiger charge is -2.19. The molecule has 6 heteroatoms. The van der Waals surface area contributed by atoms with Crippen molar-refractivity contribution in [3.8, 4) is 5.75 Å². The number of hydrogen-bond acceptors (Lipinski definition) is 4. The normalized spacial score (nSPS) is 17.0. The van der Waals surface area contributed by atoms with Crippen molar-refractivity contribution in [3.05, 3.63) is 41.2 Å². The summed E-state index contributed by atoms with van der Waals surface area (Å²) in [6.45, 7) is 1.61. The molecule has 1 aromatic heterocycles. The Morgan fingerprint density at radius 1 is 1.33 bits per heavy atom. The van der Waals surface area contributed by atoms with Crippen LogP contribution < -0.4 is 9.64 Å². The highest BCUT2D eigenvalue weighted by Gasteiger charge is 2.28. The van der Waals surface area contributed by atoms with Crippen molar-refractivity contribution in [2.75, 3.05) is 32.1 Å². The first-order valence-electron chi connectivity index (χ1n) is 8.39. The number of fused-ring (bicyclic) bond motifs is 1. The van der Waals surface area contributed by atoms with Gasteiger partial charge in [0.1, 0.15) is 18.1 Å². The molecule has 1 N–H and O–H groups in total. The predicted octanol–water partition coefficient (Wildman–Crippen LogP) is 2.39. The van der Waals surface area contributed by atoms with Crippen LogP contribution in [0.25, 0.3) is 0 Å². The minimum atomic E-state index is -0.0372. The fourth-order valence-electron chi connectivity index (χ4n) is 3.04. The first-order valence-corrected chi connectivity index (χ1v) is 8.39. The van der Waals surface area contributed by atoms with Crippen LogP contribution in [0.4, 0.5) is 5.69 Å². The second-order valence-electron chi connectivity index (χ2n) is 6.74. The standard InChI is InChI=1S/C18H22N4O2/c1-21(2)14-5-6-17-13(9-14)11-22(7-8-24-17)18(23)16-10-15(19-20-16)12-3-4-12/h5-6,9-10,12H,3-4,7-8,11H2,1-2H3,(H,19,20). The van der Waals surface area contributed by atoms with Gasteiger partial charge in [-0.15, -0.1) is 0 Å². The van der Waals surface area contributed by atoms with Gasteiger partial charge in [0, 0.05) is 43.5 Å². The van der Waals surface area contributed by atoms with E-state index in [1.807, 2.05) is 42.1 Å². The molecule has 24 heavy (non-hydrogen) atoms. The van der Waals surface area contributed by atoms with E-state index >= 15 is 0 Å². The summed E-state index contributed by atoms with van der Waals surface area (Å²) in [6.07, 6.45) is 2.38. The van der Waals surface area contributed by atoms with E-state index in [0.717, 1.165) is 22.7 Å². The number of carbonyl (C=O) groups is 1. The lowest BCUT2D eigenvalue weighted by molar-refractivity contribution is 0.0727. The smallest absolute Gasteiger partial charge is 0.274 e. The van der Waals surface area contributed by atoms with Gasteiger partial charge in [0.05, 0.1) is 6.54 Å². The number of aromatic nitrogens is 2. The molecule has 2 aliphatic rings. The van der Waals surface area contributed by atoms with Crippen molar-refractivity contribution in [2.45, 2.75) is 25.3 Å². The Morgan fingerprint density at radius 2 is 2.17 bits per heavy atom. The molecule has 1 aromatic carbocycles. The Bertz CT molecular complexity index is 764. The van der Waals surface area contributed by atoms with Crippen LogP contribution in [0.5, 0.6) is 5.75 Å². The maximum Gasteiger partial charge on any atom is 0.274 e. The largest absolute Gasteiger partial charge is 0.491 e. The van der Waals surface area contributed by atoms with Gasteiger partial charge in [-0.1, -0.05) is 0 Å². The van der Waals surface area contributed by atoms with Gasteiger partial charge >= 0.3 is 0 Å². The molecule has 2 aromatic rings. The lowest BCUT2D eigenvalue weighted by Crippen LogP contribution is -2.32.